The fourth-order valence-corrected chi connectivity index (χ4v) is 2.37. The SMILES string of the molecule is Cl.O=C(N[C@H]1CNCC[C@H]1O)c1n[nH]c2ccccc12. The Labute approximate surface area is 122 Å². The maximum Gasteiger partial charge on any atom is 0.272 e. The summed E-state index contributed by atoms with van der Waals surface area (Å²) in [5, 5.41) is 23.5. The topological polar surface area (TPSA) is 90.0 Å². The zero-order valence-electron chi connectivity index (χ0n) is 10.8. The lowest BCUT2D eigenvalue weighted by Gasteiger charge is -2.28. The van der Waals surface area contributed by atoms with Crippen molar-refractivity contribution in [2.24, 2.45) is 0 Å². The van der Waals surface area contributed by atoms with Gasteiger partial charge in [0.05, 0.1) is 17.7 Å². The van der Waals surface area contributed by atoms with Gasteiger partial charge < -0.3 is 15.7 Å². The highest BCUT2D eigenvalue weighted by atomic mass is 35.5. The number of nitrogens with zero attached hydrogens (tertiary/aromatic N) is 1. The zero-order valence-corrected chi connectivity index (χ0v) is 11.6. The molecule has 108 valence electrons. The third-order valence-corrected chi connectivity index (χ3v) is 3.45. The molecule has 1 amide bonds. The molecule has 1 fully saturated rings. The highest BCUT2D eigenvalue weighted by Crippen LogP contribution is 2.15. The minimum atomic E-state index is -0.504. The molecule has 1 aliphatic rings. The van der Waals surface area contributed by atoms with Crippen molar-refractivity contribution in [1.82, 2.24) is 20.8 Å². The molecule has 2 aromatic rings. The second-order valence-corrected chi connectivity index (χ2v) is 4.76. The van der Waals surface area contributed by atoms with Gasteiger partial charge in [-0.15, -0.1) is 12.4 Å². The summed E-state index contributed by atoms with van der Waals surface area (Å²) in [5.74, 6) is -0.259. The molecule has 0 radical (unpaired) electrons. The molecule has 0 saturated carbocycles. The van der Waals surface area contributed by atoms with E-state index in [0.29, 0.717) is 18.7 Å². The van der Waals surface area contributed by atoms with Gasteiger partial charge in [-0.2, -0.15) is 5.10 Å². The lowest BCUT2D eigenvalue weighted by Crippen LogP contribution is -2.53. The molecule has 1 aromatic carbocycles. The van der Waals surface area contributed by atoms with Crippen LogP contribution in [0.1, 0.15) is 16.9 Å². The van der Waals surface area contributed by atoms with Crippen LogP contribution in [0.5, 0.6) is 0 Å². The molecule has 0 spiro atoms. The van der Waals surface area contributed by atoms with Gasteiger partial charge in [0.25, 0.3) is 5.91 Å². The summed E-state index contributed by atoms with van der Waals surface area (Å²) in [6.45, 7) is 1.36. The Balaban J connectivity index is 0.00000147. The van der Waals surface area contributed by atoms with E-state index in [2.05, 4.69) is 20.8 Å². The summed E-state index contributed by atoms with van der Waals surface area (Å²) in [6.07, 6.45) is 0.141. The molecule has 0 bridgehead atoms. The van der Waals surface area contributed by atoms with Gasteiger partial charge in [0, 0.05) is 11.9 Å². The van der Waals surface area contributed by atoms with Crippen LogP contribution in [0.3, 0.4) is 0 Å². The molecular weight excluding hydrogens is 280 g/mol. The quantitative estimate of drug-likeness (QED) is 0.647. The predicted octanol–water partition coefficient (Wildman–Crippen LogP) is 0.437. The number of halogens is 1. The summed E-state index contributed by atoms with van der Waals surface area (Å²) >= 11 is 0. The Kier molecular flexibility index (Phi) is 4.59. The van der Waals surface area contributed by atoms with Crippen LogP contribution in [0.2, 0.25) is 0 Å². The number of aliphatic hydroxyl groups excluding tert-OH is 1. The minimum absolute atomic E-state index is 0. The van der Waals surface area contributed by atoms with Gasteiger partial charge in [-0.25, -0.2) is 0 Å². The number of aromatic nitrogens is 2. The number of aliphatic hydroxyl groups is 1. The predicted molar refractivity (Wildman–Crippen MR) is 78.1 cm³/mol. The second kappa shape index (κ2) is 6.21. The average molecular weight is 297 g/mol. The summed E-state index contributed by atoms with van der Waals surface area (Å²) in [7, 11) is 0. The number of fused-ring (bicyclic) bond motifs is 1. The first-order valence-corrected chi connectivity index (χ1v) is 6.38. The molecule has 1 aliphatic heterocycles. The highest BCUT2D eigenvalue weighted by molar-refractivity contribution is 6.04. The van der Waals surface area contributed by atoms with Crippen molar-refractivity contribution in [3.8, 4) is 0 Å². The van der Waals surface area contributed by atoms with Crippen LogP contribution in [-0.2, 0) is 0 Å². The number of rotatable bonds is 2. The van der Waals surface area contributed by atoms with Crippen molar-refractivity contribution in [2.45, 2.75) is 18.6 Å². The van der Waals surface area contributed by atoms with E-state index in [1.165, 1.54) is 0 Å². The molecule has 0 aliphatic carbocycles. The Morgan fingerprint density at radius 3 is 3.00 bits per heavy atom. The highest BCUT2D eigenvalue weighted by Gasteiger charge is 2.26. The van der Waals surface area contributed by atoms with Crippen LogP contribution in [0.15, 0.2) is 24.3 Å². The third-order valence-electron chi connectivity index (χ3n) is 3.45. The summed E-state index contributed by atoms with van der Waals surface area (Å²) in [4.78, 5) is 12.2. The first-order chi connectivity index (χ1) is 9.25. The largest absolute Gasteiger partial charge is 0.391 e. The molecule has 2 heterocycles. The van der Waals surface area contributed by atoms with Crippen LogP contribution in [0, 0.1) is 0 Å². The van der Waals surface area contributed by atoms with Gasteiger partial charge in [0.1, 0.15) is 0 Å². The van der Waals surface area contributed by atoms with E-state index < -0.39 is 6.10 Å². The molecule has 6 nitrogen and oxygen atoms in total. The van der Waals surface area contributed by atoms with Crippen molar-refractivity contribution < 1.29 is 9.90 Å². The van der Waals surface area contributed by atoms with Gasteiger partial charge in [0.2, 0.25) is 0 Å². The number of H-pyrrole nitrogens is 1. The second-order valence-electron chi connectivity index (χ2n) is 4.76. The van der Waals surface area contributed by atoms with E-state index in [1.54, 1.807) is 0 Å². The number of carbonyl (C=O) groups is 1. The smallest absolute Gasteiger partial charge is 0.272 e. The van der Waals surface area contributed by atoms with Gasteiger partial charge in [-0.1, -0.05) is 18.2 Å². The number of hydrogen-bond acceptors (Lipinski definition) is 4. The van der Waals surface area contributed by atoms with E-state index >= 15 is 0 Å². The zero-order chi connectivity index (χ0) is 13.2. The number of benzene rings is 1. The summed E-state index contributed by atoms with van der Waals surface area (Å²) < 4.78 is 0. The number of amides is 1. The Morgan fingerprint density at radius 1 is 1.40 bits per heavy atom. The molecule has 3 rings (SSSR count). The Bertz CT molecular complexity index is 601. The van der Waals surface area contributed by atoms with Crippen LogP contribution in [0.4, 0.5) is 0 Å². The fraction of sp³-hybridized carbons (Fsp3) is 0.385. The molecule has 1 saturated heterocycles. The number of carbonyl (C=O) groups excluding carboxylic acids is 1. The van der Waals surface area contributed by atoms with E-state index in [-0.39, 0.29) is 24.4 Å². The van der Waals surface area contributed by atoms with Crippen LogP contribution >= 0.6 is 12.4 Å². The normalized spacial score (nSPS) is 22.2. The van der Waals surface area contributed by atoms with Crippen molar-refractivity contribution in [3.05, 3.63) is 30.0 Å². The van der Waals surface area contributed by atoms with E-state index in [9.17, 15) is 9.90 Å². The minimum Gasteiger partial charge on any atom is -0.391 e. The first kappa shape index (κ1) is 14.8. The van der Waals surface area contributed by atoms with E-state index in [4.69, 9.17) is 0 Å². The van der Waals surface area contributed by atoms with Crippen molar-refractivity contribution in [1.29, 1.82) is 0 Å². The molecule has 7 heteroatoms. The van der Waals surface area contributed by atoms with Gasteiger partial charge in [0.15, 0.2) is 5.69 Å². The number of piperidine rings is 1. The van der Waals surface area contributed by atoms with Gasteiger partial charge >= 0.3 is 0 Å². The summed E-state index contributed by atoms with van der Waals surface area (Å²) in [6, 6.07) is 7.21. The van der Waals surface area contributed by atoms with Gasteiger partial charge in [-0.05, 0) is 19.0 Å². The van der Waals surface area contributed by atoms with Crippen LogP contribution in [0.25, 0.3) is 10.9 Å². The standard InChI is InChI=1S/C13H16N4O2.ClH/c18-11-5-6-14-7-10(11)15-13(19)12-8-3-1-2-4-9(8)16-17-12;/h1-4,10-11,14,18H,5-7H2,(H,15,19)(H,16,17);1H/t10-,11+;/m0./s1. The van der Waals surface area contributed by atoms with Gasteiger partial charge in [-0.3, -0.25) is 9.89 Å². The fourth-order valence-electron chi connectivity index (χ4n) is 2.37. The maximum atomic E-state index is 12.2. The van der Waals surface area contributed by atoms with Crippen molar-refractivity contribution in [2.75, 3.05) is 13.1 Å². The van der Waals surface area contributed by atoms with Crippen LogP contribution in [-0.4, -0.2) is 46.4 Å². The van der Waals surface area contributed by atoms with E-state index in [1.807, 2.05) is 24.3 Å². The number of aromatic amines is 1. The number of para-hydroxylation sites is 1. The lowest BCUT2D eigenvalue weighted by atomic mass is 10.0. The molecule has 4 N–H and O–H groups in total. The molecule has 1 aromatic heterocycles. The number of hydrogen-bond donors (Lipinski definition) is 4. The van der Waals surface area contributed by atoms with Crippen molar-refractivity contribution in [3.63, 3.8) is 0 Å². The van der Waals surface area contributed by atoms with Crippen LogP contribution < -0.4 is 10.6 Å². The summed E-state index contributed by atoms with van der Waals surface area (Å²) in [5.41, 5.74) is 1.20. The third kappa shape index (κ3) is 2.77. The molecule has 2 atom stereocenters. The monoisotopic (exact) mass is 296 g/mol. The maximum absolute atomic E-state index is 12.2. The van der Waals surface area contributed by atoms with Crippen molar-refractivity contribution >= 4 is 29.2 Å². The molecule has 0 unspecified atom stereocenters. The Morgan fingerprint density at radius 2 is 2.20 bits per heavy atom. The lowest BCUT2D eigenvalue weighted by molar-refractivity contribution is 0.0752. The molecule has 20 heavy (non-hydrogen) atoms. The molecular formula is C13H17ClN4O2. The number of nitrogens with one attached hydrogen (secondary N) is 3. The van der Waals surface area contributed by atoms with E-state index in [0.717, 1.165) is 17.4 Å². The first-order valence-electron chi connectivity index (χ1n) is 6.38. The average Bonchev–Trinajstić information content (AvgIpc) is 2.85. The Hall–Kier alpha value is -1.63.